The summed E-state index contributed by atoms with van der Waals surface area (Å²) >= 11 is 0. The number of imidazole rings is 1. The number of fused-ring (bicyclic) bond motifs is 4. The number of likely N-dealkylation sites (N-methyl/N-ethyl adjacent to an activating group) is 1. The molecule has 0 fully saturated rings. The fourth-order valence-corrected chi connectivity index (χ4v) is 6.88. The highest BCUT2D eigenvalue weighted by Gasteiger charge is 2.28. The van der Waals surface area contributed by atoms with Crippen LogP contribution in [0.4, 0.5) is 20.2 Å². The number of halogens is 2. The van der Waals surface area contributed by atoms with Gasteiger partial charge >= 0.3 is 0 Å². The highest BCUT2D eigenvalue weighted by Crippen LogP contribution is 2.44. The molecule has 5 aromatic rings. The molecule has 0 atom stereocenters. The van der Waals surface area contributed by atoms with Crippen molar-refractivity contribution in [2.24, 2.45) is 7.05 Å². The number of Topliss-reactive ketones (excluding diaryl/α,β-unsaturated/α-hetero) is 1. The fourth-order valence-electron chi connectivity index (χ4n) is 6.88. The van der Waals surface area contributed by atoms with Crippen LogP contribution in [-0.4, -0.2) is 57.3 Å². The lowest BCUT2D eigenvalue weighted by Gasteiger charge is -2.28. The molecule has 3 heterocycles. The zero-order chi connectivity index (χ0) is 35.4. The molecular weight excluding hydrogens is 626 g/mol. The number of nitrogens with one attached hydrogen (secondary N) is 2. The average molecular weight is 667 g/mol. The summed E-state index contributed by atoms with van der Waals surface area (Å²) in [6, 6.07) is 9.83. The predicted molar refractivity (Wildman–Crippen MR) is 189 cm³/mol. The number of benzene rings is 3. The van der Waals surface area contributed by atoms with Crippen LogP contribution < -0.4 is 15.5 Å². The molecule has 0 unspecified atom stereocenters. The summed E-state index contributed by atoms with van der Waals surface area (Å²) in [7, 11) is 4.05. The third-order valence-electron chi connectivity index (χ3n) is 9.25. The molecule has 2 N–H and O–H groups in total. The smallest absolute Gasteiger partial charge is 0.248 e. The molecule has 0 bridgehead atoms. The summed E-state index contributed by atoms with van der Waals surface area (Å²) in [6.07, 6.45) is 4.74. The number of nitrogens with zero attached hydrogens (tertiary/aromatic N) is 4. The minimum atomic E-state index is -1.06. The Hall–Kier alpha value is -5.16. The molecule has 11 heteroatoms. The van der Waals surface area contributed by atoms with E-state index in [4.69, 9.17) is 4.98 Å². The number of ketones is 2. The molecule has 254 valence electrons. The molecule has 2 aromatic heterocycles. The quantitative estimate of drug-likeness (QED) is 0.136. The van der Waals surface area contributed by atoms with Crippen molar-refractivity contribution in [2.45, 2.75) is 53.1 Å². The fraction of sp³-hybridized carbons (Fsp3) is 0.316. The Labute approximate surface area is 283 Å². The van der Waals surface area contributed by atoms with Gasteiger partial charge in [0, 0.05) is 85.6 Å². The van der Waals surface area contributed by atoms with Gasteiger partial charge in [-0.3, -0.25) is 14.4 Å². The van der Waals surface area contributed by atoms with E-state index in [0.29, 0.717) is 30.5 Å². The average Bonchev–Trinajstić information content (AvgIpc) is 3.53. The molecule has 6 rings (SSSR count). The maximum absolute atomic E-state index is 15.3. The molecule has 9 nitrogen and oxygen atoms in total. The van der Waals surface area contributed by atoms with E-state index < -0.39 is 34.6 Å². The number of para-hydroxylation sites is 1. The monoisotopic (exact) mass is 666 g/mol. The van der Waals surface area contributed by atoms with Gasteiger partial charge in [-0.1, -0.05) is 24.3 Å². The Morgan fingerprint density at radius 2 is 1.76 bits per heavy atom. The van der Waals surface area contributed by atoms with Gasteiger partial charge in [0.05, 0.1) is 16.7 Å². The number of rotatable bonds is 9. The van der Waals surface area contributed by atoms with Crippen LogP contribution in [0.2, 0.25) is 0 Å². The number of amides is 1. The van der Waals surface area contributed by atoms with Gasteiger partial charge in [0.15, 0.2) is 5.78 Å². The van der Waals surface area contributed by atoms with Gasteiger partial charge in [0.2, 0.25) is 5.91 Å². The number of anilines is 2. The van der Waals surface area contributed by atoms with Gasteiger partial charge in [-0.15, -0.1) is 0 Å². The lowest BCUT2D eigenvalue weighted by atomic mass is 9.93. The maximum Gasteiger partial charge on any atom is 0.248 e. The van der Waals surface area contributed by atoms with E-state index in [1.54, 1.807) is 6.20 Å². The second kappa shape index (κ2) is 12.7. The van der Waals surface area contributed by atoms with Crippen LogP contribution in [0.25, 0.3) is 33.1 Å². The predicted octanol–water partition coefficient (Wildman–Crippen LogP) is 6.61. The first-order valence-electron chi connectivity index (χ1n) is 16.2. The molecule has 0 aliphatic carbocycles. The van der Waals surface area contributed by atoms with Crippen LogP contribution in [0.3, 0.4) is 0 Å². The summed E-state index contributed by atoms with van der Waals surface area (Å²) < 4.78 is 34.7. The van der Waals surface area contributed by atoms with E-state index in [-0.39, 0.29) is 17.9 Å². The maximum atomic E-state index is 15.3. The van der Waals surface area contributed by atoms with Gasteiger partial charge in [-0.25, -0.2) is 13.8 Å². The number of aromatic nitrogens is 3. The van der Waals surface area contributed by atoms with E-state index in [0.717, 1.165) is 63.0 Å². The minimum Gasteiger partial charge on any atom is -0.370 e. The lowest BCUT2D eigenvalue weighted by molar-refractivity contribution is -0.118. The largest absolute Gasteiger partial charge is 0.370 e. The molecule has 0 spiro atoms. The van der Waals surface area contributed by atoms with Crippen molar-refractivity contribution in [2.75, 3.05) is 30.4 Å². The van der Waals surface area contributed by atoms with Crippen molar-refractivity contribution in [3.05, 3.63) is 88.9 Å². The lowest BCUT2D eigenvalue weighted by Crippen LogP contribution is -2.40. The summed E-state index contributed by atoms with van der Waals surface area (Å²) in [5, 5.41) is 6.06. The minimum absolute atomic E-state index is 0.0302. The standard InChI is InChI=1S/C38H40F2N6O3/c1-21-16-30-34(42-23(3)45(30)7)36-32(21)26-11-8-10-25-27(20-46(35(25)26)15-14-44(36)6)37(49)24-17-28(39)33(29(40)18-24)43-31(48)12-9-13-41-38(4,5)19-22(2)47/h8-12,16-18,20,41H,13-15,19H2,1-7H3,(H,43,48)/b12-9+. The molecule has 1 aliphatic rings. The van der Waals surface area contributed by atoms with Crippen molar-refractivity contribution in [1.82, 2.24) is 19.4 Å². The normalized spacial score (nSPS) is 13.2. The Morgan fingerprint density at radius 3 is 2.45 bits per heavy atom. The Bertz CT molecular complexity index is 2190. The van der Waals surface area contributed by atoms with Crippen molar-refractivity contribution in [3.63, 3.8) is 0 Å². The molecule has 49 heavy (non-hydrogen) atoms. The van der Waals surface area contributed by atoms with Crippen LogP contribution in [0, 0.1) is 25.5 Å². The second-order valence-electron chi connectivity index (χ2n) is 13.5. The van der Waals surface area contributed by atoms with Crippen LogP contribution in [0.15, 0.2) is 54.7 Å². The van der Waals surface area contributed by atoms with Crippen molar-refractivity contribution < 1.29 is 23.2 Å². The van der Waals surface area contributed by atoms with Gasteiger partial charge in [0.25, 0.3) is 0 Å². The Balaban J connectivity index is 1.31. The summed E-state index contributed by atoms with van der Waals surface area (Å²) in [5.74, 6) is -2.45. The van der Waals surface area contributed by atoms with Gasteiger partial charge in [0.1, 0.15) is 34.4 Å². The van der Waals surface area contributed by atoms with Crippen molar-refractivity contribution in [3.8, 4) is 11.1 Å². The van der Waals surface area contributed by atoms with Crippen LogP contribution in [0.1, 0.15) is 54.5 Å². The topological polar surface area (TPSA) is 101 Å². The molecule has 0 saturated heterocycles. The molecule has 0 saturated carbocycles. The number of aryl methyl sites for hydroxylation is 3. The third-order valence-corrected chi connectivity index (χ3v) is 9.25. The zero-order valence-corrected chi connectivity index (χ0v) is 28.8. The number of hydrogen-bond donors (Lipinski definition) is 2. The SMILES string of the molecule is CC(=O)CC(C)(C)NC/C=C/C(=O)Nc1c(F)cc(C(=O)c2cn3c4c(cccc24)-c2c(C)cc4c(nc(C)n4C)c2N(C)CC3)cc1F. The highest BCUT2D eigenvalue weighted by molar-refractivity contribution is 6.19. The Morgan fingerprint density at radius 1 is 1.04 bits per heavy atom. The highest BCUT2D eigenvalue weighted by atomic mass is 19.1. The first kappa shape index (κ1) is 33.7. The molecule has 1 amide bonds. The van der Waals surface area contributed by atoms with Crippen LogP contribution in [0.5, 0.6) is 0 Å². The van der Waals surface area contributed by atoms with Crippen molar-refractivity contribution in [1.29, 1.82) is 0 Å². The van der Waals surface area contributed by atoms with E-state index in [1.165, 1.54) is 13.0 Å². The van der Waals surface area contributed by atoms with E-state index in [9.17, 15) is 14.4 Å². The Kier molecular flexibility index (Phi) is 8.74. The second-order valence-corrected chi connectivity index (χ2v) is 13.5. The van der Waals surface area contributed by atoms with E-state index in [2.05, 4.69) is 33.1 Å². The number of carbonyl (C=O) groups excluding carboxylic acids is 3. The summed E-state index contributed by atoms with van der Waals surface area (Å²) in [6.45, 7) is 10.8. The number of carbonyl (C=O) groups is 3. The number of hydrogen-bond acceptors (Lipinski definition) is 6. The van der Waals surface area contributed by atoms with Crippen molar-refractivity contribution >= 4 is 50.8 Å². The van der Waals surface area contributed by atoms with Gasteiger partial charge < -0.3 is 24.7 Å². The molecule has 3 aromatic carbocycles. The van der Waals surface area contributed by atoms with E-state index in [1.807, 2.05) is 57.6 Å². The van der Waals surface area contributed by atoms with Crippen LogP contribution in [-0.2, 0) is 23.2 Å². The van der Waals surface area contributed by atoms with Gasteiger partial charge in [-0.05, 0) is 58.4 Å². The van der Waals surface area contributed by atoms with Gasteiger partial charge in [-0.2, -0.15) is 0 Å². The van der Waals surface area contributed by atoms with Crippen LogP contribution >= 0.6 is 0 Å². The first-order valence-corrected chi connectivity index (χ1v) is 16.2. The van der Waals surface area contributed by atoms with E-state index >= 15 is 8.78 Å². The molecular formula is C38H40F2N6O3. The summed E-state index contributed by atoms with van der Waals surface area (Å²) in [4.78, 5) is 44.9. The summed E-state index contributed by atoms with van der Waals surface area (Å²) in [5.41, 5.74) is 5.94. The molecule has 1 aliphatic heterocycles. The first-order chi connectivity index (χ1) is 23.2. The third kappa shape index (κ3) is 6.26. The molecule has 0 radical (unpaired) electrons. The zero-order valence-electron chi connectivity index (χ0n) is 28.8.